The second kappa shape index (κ2) is 15.0. The Morgan fingerprint density at radius 2 is 1.65 bits per heavy atom. The lowest BCUT2D eigenvalue weighted by molar-refractivity contribution is -0.141. The molecule has 0 unspecified atom stereocenters. The lowest BCUT2D eigenvalue weighted by Gasteiger charge is -2.33. The van der Waals surface area contributed by atoms with Gasteiger partial charge < -0.3 is 15.0 Å². The minimum Gasteiger partial charge on any atom is -0.497 e. The number of hydrogen-bond acceptors (Lipinski definition) is 5. The van der Waals surface area contributed by atoms with Gasteiger partial charge in [-0.1, -0.05) is 55.3 Å². The summed E-state index contributed by atoms with van der Waals surface area (Å²) in [5.41, 5.74) is 2.06. The van der Waals surface area contributed by atoms with Gasteiger partial charge in [-0.05, 0) is 66.8 Å². The molecule has 1 N–H and O–H groups in total. The highest BCUT2D eigenvalue weighted by atomic mass is 32.2. The smallest absolute Gasteiger partial charge is 0.243 e. The maximum atomic E-state index is 14.0. The molecule has 0 heterocycles. The molecule has 0 radical (unpaired) electrons. The number of carbonyl (C=O) groups is 2. The molecule has 0 aliphatic heterocycles. The van der Waals surface area contributed by atoms with Gasteiger partial charge in [0.25, 0.3) is 0 Å². The van der Waals surface area contributed by atoms with Crippen molar-refractivity contribution in [3.8, 4) is 5.75 Å². The fraction of sp³-hybridized carbons (Fsp3) is 0.394. The van der Waals surface area contributed by atoms with E-state index in [1.54, 1.807) is 12.0 Å². The molecule has 43 heavy (non-hydrogen) atoms. The number of sulfonamides is 1. The molecule has 3 aromatic rings. The van der Waals surface area contributed by atoms with Gasteiger partial charge in [0.05, 0.1) is 19.1 Å². The van der Waals surface area contributed by atoms with Gasteiger partial charge in [-0.3, -0.25) is 13.9 Å². The molecule has 0 aromatic heterocycles. The molecule has 2 amide bonds. The van der Waals surface area contributed by atoms with Crippen molar-refractivity contribution in [1.29, 1.82) is 0 Å². The van der Waals surface area contributed by atoms with Crippen LogP contribution in [-0.4, -0.2) is 57.1 Å². The highest BCUT2D eigenvalue weighted by Gasteiger charge is 2.32. The monoisotopic (exact) mass is 609 g/mol. The Labute approximate surface area is 253 Å². The number of halogens is 1. The molecular formula is C33H40FN3O5S. The number of amides is 2. The van der Waals surface area contributed by atoms with Crippen LogP contribution in [0.25, 0.3) is 0 Å². The number of anilines is 1. The van der Waals surface area contributed by atoms with Gasteiger partial charge in [0.2, 0.25) is 21.8 Å². The van der Waals surface area contributed by atoms with Gasteiger partial charge >= 0.3 is 0 Å². The largest absolute Gasteiger partial charge is 0.497 e. The predicted octanol–water partition coefficient (Wildman–Crippen LogP) is 5.08. The zero-order valence-electron chi connectivity index (χ0n) is 24.7. The number of nitrogens with one attached hydrogen (secondary N) is 1. The summed E-state index contributed by atoms with van der Waals surface area (Å²) >= 11 is 0. The average molecular weight is 610 g/mol. The van der Waals surface area contributed by atoms with Gasteiger partial charge in [-0.25, -0.2) is 12.8 Å². The lowest BCUT2D eigenvalue weighted by Crippen LogP contribution is -2.52. The fourth-order valence-electron chi connectivity index (χ4n) is 5.50. The summed E-state index contributed by atoms with van der Waals surface area (Å²) in [5, 5.41) is 3.19. The Hall–Kier alpha value is -3.92. The van der Waals surface area contributed by atoms with Crippen molar-refractivity contribution in [3.05, 3.63) is 95.8 Å². The molecule has 1 aliphatic rings. The van der Waals surface area contributed by atoms with Crippen LogP contribution in [0.15, 0.2) is 78.9 Å². The Morgan fingerprint density at radius 1 is 0.977 bits per heavy atom. The Kier molecular flexibility index (Phi) is 11.2. The molecule has 8 nitrogen and oxygen atoms in total. The molecule has 0 spiro atoms. The molecule has 1 saturated carbocycles. The van der Waals surface area contributed by atoms with E-state index in [1.165, 1.54) is 28.6 Å². The fourth-order valence-corrected chi connectivity index (χ4v) is 6.47. The van der Waals surface area contributed by atoms with Crippen molar-refractivity contribution in [3.63, 3.8) is 0 Å². The highest BCUT2D eigenvalue weighted by Crippen LogP contribution is 2.23. The molecule has 0 saturated heterocycles. The van der Waals surface area contributed by atoms with Crippen molar-refractivity contribution in [2.45, 2.75) is 63.6 Å². The Balaban J connectivity index is 1.59. The normalized spacial score (nSPS) is 14.2. The van der Waals surface area contributed by atoms with Crippen molar-refractivity contribution >= 4 is 27.5 Å². The average Bonchev–Trinajstić information content (AvgIpc) is 3.50. The van der Waals surface area contributed by atoms with Crippen LogP contribution in [0, 0.1) is 5.82 Å². The van der Waals surface area contributed by atoms with E-state index in [9.17, 15) is 22.4 Å². The zero-order valence-corrected chi connectivity index (χ0v) is 25.6. The SMILES string of the molecule is COc1cccc(CN(C(=O)CCCN(c2ccc(F)cc2)S(C)(=O)=O)[C@H](Cc2ccccc2)C(=O)NC2CCCC2)c1. The molecule has 3 aromatic carbocycles. The minimum absolute atomic E-state index is 0.0131. The van der Waals surface area contributed by atoms with Crippen molar-refractivity contribution in [1.82, 2.24) is 10.2 Å². The van der Waals surface area contributed by atoms with Gasteiger partial charge in [-0.15, -0.1) is 0 Å². The summed E-state index contributed by atoms with van der Waals surface area (Å²) in [6.07, 6.45) is 5.59. The minimum atomic E-state index is -3.68. The van der Waals surface area contributed by atoms with Crippen LogP contribution < -0.4 is 14.4 Å². The van der Waals surface area contributed by atoms with E-state index in [2.05, 4.69) is 5.32 Å². The van der Waals surface area contributed by atoms with Crippen LogP contribution in [0.2, 0.25) is 0 Å². The van der Waals surface area contributed by atoms with E-state index in [4.69, 9.17) is 4.74 Å². The molecular weight excluding hydrogens is 569 g/mol. The molecule has 1 atom stereocenters. The van der Waals surface area contributed by atoms with Crippen LogP contribution in [0.3, 0.4) is 0 Å². The number of carbonyl (C=O) groups excluding carboxylic acids is 2. The van der Waals surface area contributed by atoms with E-state index in [-0.39, 0.29) is 43.8 Å². The van der Waals surface area contributed by atoms with Gasteiger partial charge in [0.15, 0.2) is 0 Å². The third-order valence-corrected chi connectivity index (χ3v) is 8.92. The summed E-state index contributed by atoms with van der Waals surface area (Å²) < 4.78 is 45.2. The highest BCUT2D eigenvalue weighted by molar-refractivity contribution is 7.92. The van der Waals surface area contributed by atoms with Crippen molar-refractivity contribution < 1.29 is 27.1 Å². The van der Waals surface area contributed by atoms with E-state index >= 15 is 0 Å². The topological polar surface area (TPSA) is 96.0 Å². The summed E-state index contributed by atoms with van der Waals surface area (Å²) in [6.45, 7) is 0.209. The van der Waals surface area contributed by atoms with Gasteiger partial charge in [-0.2, -0.15) is 0 Å². The van der Waals surface area contributed by atoms with E-state index in [0.29, 0.717) is 17.9 Å². The van der Waals surface area contributed by atoms with Gasteiger partial charge in [0, 0.05) is 32.0 Å². The summed E-state index contributed by atoms with van der Waals surface area (Å²) in [6, 6.07) is 21.5. The van der Waals surface area contributed by atoms with E-state index in [1.807, 2.05) is 54.6 Å². The van der Waals surface area contributed by atoms with Crippen LogP contribution in [-0.2, 0) is 32.6 Å². The number of ether oxygens (including phenoxy) is 1. The second-order valence-electron chi connectivity index (χ2n) is 11.0. The van der Waals surface area contributed by atoms with Gasteiger partial charge in [0.1, 0.15) is 17.6 Å². The van der Waals surface area contributed by atoms with Crippen LogP contribution >= 0.6 is 0 Å². The first-order chi connectivity index (χ1) is 20.6. The predicted molar refractivity (Wildman–Crippen MR) is 166 cm³/mol. The second-order valence-corrected chi connectivity index (χ2v) is 12.9. The molecule has 1 fully saturated rings. The molecule has 10 heteroatoms. The Morgan fingerprint density at radius 3 is 2.30 bits per heavy atom. The number of rotatable bonds is 14. The van der Waals surface area contributed by atoms with E-state index < -0.39 is 21.9 Å². The summed E-state index contributed by atoms with van der Waals surface area (Å²) in [5.74, 6) is -0.294. The van der Waals surface area contributed by atoms with E-state index in [0.717, 1.165) is 43.1 Å². The first kappa shape index (κ1) is 32.0. The van der Waals surface area contributed by atoms with Crippen LogP contribution in [0.4, 0.5) is 10.1 Å². The zero-order chi connectivity index (χ0) is 30.8. The number of methoxy groups -OCH3 is 1. The molecule has 0 bridgehead atoms. The number of nitrogens with zero attached hydrogens (tertiary/aromatic N) is 2. The maximum absolute atomic E-state index is 14.0. The third kappa shape index (κ3) is 9.28. The van der Waals surface area contributed by atoms with Crippen LogP contribution in [0.1, 0.15) is 49.7 Å². The molecule has 4 rings (SSSR count). The number of hydrogen-bond donors (Lipinski definition) is 1. The maximum Gasteiger partial charge on any atom is 0.243 e. The van der Waals surface area contributed by atoms with Crippen LogP contribution in [0.5, 0.6) is 5.75 Å². The quantitative estimate of drug-likeness (QED) is 0.275. The molecule has 1 aliphatic carbocycles. The Bertz CT molecular complexity index is 1460. The first-order valence-corrected chi connectivity index (χ1v) is 16.5. The summed E-state index contributed by atoms with van der Waals surface area (Å²) in [4.78, 5) is 29.4. The van der Waals surface area contributed by atoms with Crippen molar-refractivity contribution in [2.75, 3.05) is 24.2 Å². The summed E-state index contributed by atoms with van der Waals surface area (Å²) in [7, 11) is -2.11. The molecule has 230 valence electrons. The third-order valence-electron chi connectivity index (χ3n) is 7.73. The number of benzene rings is 3. The first-order valence-electron chi connectivity index (χ1n) is 14.6. The standard InChI is InChI=1S/C33H40FN3O5S/c1-42-30-15-8-12-26(22-30)24-36(31(23-25-10-4-3-5-11-25)33(39)35-28-13-6-7-14-28)32(38)16-9-21-37(43(2,40)41)29-19-17-27(34)18-20-29/h3-5,8,10-12,15,17-20,22,28,31H,6-7,9,13-14,16,21,23-24H2,1-2H3,(H,35,39)/t31-/m1/s1. The lowest BCUT2D eigenvalue weighted by atomic mass is 10.0. The van der Waals surface area contributed by atoms with Crippen molar-refractivity contribution in [2.24, 2.45) is 0 Å².